The Morgan fingerprint density at radius 3 is 2.52 bits per heavy atom. The van der Waals surface area contributed by atoms with Crippen molar-refractivity contribution in [1.82, 2.24) is 15.3 Å². The summed E-state index contributed by atoms with van der Waals surface area (Å²) in [5, 5.41) is 3.56. The summed E-state index contributed by atoms with van der Waals surface area (Å²) in [6, 6.07) is 7.03. The van der Waals surface area contributed by atoms with Gasteiger partial charge in [0.1, 0.15) is 5.82 Å². The summed E-state index contributed by atoms with van der Waals surface area (Å²) in [7, 11) is 2.79. The van der Waals surface area contributed by atoms with E-state index in [0.29, 0.717) is 27.8 Å². The maximum atomic E-state index is 13.2. The minimum absolute atomic E-state index is 0.152. The number of dihydropyridines is 1. The second kappa shape index (κ2) is 9.80. The van der Waals surface area contributed by atoms with Crippen LogP contribution in [0.1, 0.15) is 37.3 Å². The first-order valence-corrected chi connectivity index (χ1v) is 10.1. The molecule has 0 amide bonds. The number of rotatable bonds is 7. The molecule has 1 aliphatic rings. The first-order chi connectivity index (χ1) is 14.9. The Hall–Kier alpha value is -3.10. The van der Waals surface area contributed by atoms with Crippen molar-refractivity contribution in [1.29, 1.82) is 0 Å². The lowest BCUT2D eigenvalue weighted by Crippen LogP contribution is -2.36. The van der Waals surface area contributed by atoms with Gasteiger partial charge < -0.3 is 24.5 Å². The number of carbonyl (C=O) groups is 2. The van der Waals surface area contributed by atoms with E-state index in [9.17, 15) is 9.59 Å². The van der Waals surface area contributed by atoms with E-state index in [4.69, 9.17) is 25.8 Å². The molecular formula is C22H24ClN3O5. The lowest BCUT2D eigenvalue weighted by atomic mass is 9.79. The minimum atomic E-state index is -0.830. The maximum Gasteiger partial charge on any atom is 0.336 e. The molecule has 3 rings (SSSR count). The molecule has 2 atom stereocenters. The number of aromatic amines is 1. The molecule has 8 nitrogen and oxygen atoms in total. The van der Waals surface area contributed by atoms with Crippen LogP contribution in [-0.4, -0.2) is 42.7 Å². The standard InChI is InChI=1S/C22H24ClN3O5/c1-5-31-22(28)17-16(13-8-6-7-9-14(13)23)15(21(27)30-4)12(2)26-18(17)19(29-3)20-24-10-11-25-20/h6-11,16,19,26H,5H2,1-4H3,(H,24,25). The average molecular weight is 446 g/mol. The highest BCUT2D eigenvalue weighted by Crippen LogP contribution is 2.44. The monoisotopic (exact) mass is 445 g/mol. The Morgan fingerprint density at radius 2 is 1.94 bits per heavy atom. The Bertz CT molecular complexity index is 1030. The van der Waals surface area contributed by atoms with Crippen molar-refractivity contribution in [3.63, 3.8) is 0 Å². The third-order valence-corrected chi connectivity index (χ3v) is 5.32. The van der Waals surface area contributed by atoms with Crippen LogP contribution in [-0.2, 0) is 23.8 Å². The van der Waals surface area contributed by atoms with Crippen LogP contribution in [0.3, 0.4) is 0 Å². The van der Waals surface area contributed by atoms with Gasteiger partial charge in [-0.2, -0.15) is 0 Å². The number of nitrogens with zero attached hydrogens (tertiary/aromatic N) is 1. The number of aromatic nitrogens is 2. The first kappa shape index (κ1) is 22.6. The van der Waals surface area contributed by atoms with Gasteiger partial charge >= 0.3 is 11.9 Å². The number of hydrogen-bond acceptors (Lipinski definition) is 7. The number of hydrogen-bond donors (Lipinski definition) is 2. The number of carbonyl (C=O) groups excluding carboxylic acids is 2. The van der Waals surface area contributed by atoms with Crippen LogP contribution in [0.2, 0.25) is 5.02 Å². The first-order valence-electron chi connectivity index (χ1n) is 9.68. The van der Waals surface area contributed by atoms with Gasteiger partial charge in [0, 0.05) is 30.2 Å². The largest absolute Gasteiger partial charge is 0.466 e. The van der Waals surface area contributed by atoms with Crippen LogP contribution in [0, 0.1) is 0 Å². The second-order valence-corrected chi connectivity index (χ2v) is 7.15. The van der Waals surface area contributed by atoms with Crippen LogP contribution in [0.15, 0.2) is 59.2 Å². The van der Waals surface area contributed by atoms with Gasteiger partial charge in [0.05, 0.1) is 36.5 Å². The number of imidazole rings is 1. The fraction of sp³-hybridized carbons (Fsp3) is 0.318. The van der Waals surface area contributed by atoms with Crippen LogP contribution in [0.25, 0.3) is 0 Å². The van der Waals surface area contributed by atoms with Gasteiger partial charge in [-0.1, -0.05) is 29.8 Å². The summed E-state index contributed by atoms with van der Waals surface area (Å²) in [6.07, 6.45) is 2.50. The molecule has 0 radical (unpaired) electrons. The number of halogens is 1. The molecule has 2 unspecified atom stereocenters. The average Bonchev–Trinajstić information content (AvgIpc) is 3.28. The Balaban J connectivity index is 2.32. The zero-order valence-corrected chi connectivity index (χ0v) is 18.4. The number of allylic oxidation sites excluding steroid dienone is 1. The number of esters is 2. The summed E-state index contributed by atoms with van der Waals surface area (Å²) in [5.74, 6) is -1.52. The summed E-state index contributed by atoms with van der Waals surface area (Å²) >= 11 is 6.51. The second-order valence-electron chi connectivity index (χ2n) is 6.75. The number of benzene rings is 1. The lowest BCUT2D eigenvalue weighted by Gasteiger charge is -2.33. The van der Waals surface area contributed by atoms with Crippen molar-refractivity contribution in [3.05, 3.63) is 75.6 Å². The maximum absolute atomic E-state index is 13.2. The van der Waals surface area contributed by atoms with Crippen LogP contribution < -0.4 is 5.32 Å². The third kappa shape index (κ3) is 4.35. The summed E-state index contributed by atoms with van der Waals surface area (Å²) in [4.78, 5) is 33.3. The molecule has 2 heterocycles. The van der Waals surface area contributed by atoms with Gasteiger partial charge in [-0.3, -0.25) is 0 Å². The highest BCUT2D eigenvalue weighted by molar-refractivity contribution is 6.31. The fourth-order valence-electron chi connectivity index (χ4n) is 3.68. The molecule has 0 spiro atoms. The van der Waals surface area contributed by atoms with Gasteiger partial charge in [0.15, 0.2) is 6.10 Å². The molecule has 31 heavy (non-hydrogen) atoms. The molecule has 0 saturated carbocycles. The molecular weight excluding hydrogens is 422 g/mol. The van der Waals surface area contributed by atoms with E-state index in [-0.39, 0.29) is 17.8 Å². The summed E-state index contributed by atoms with van der Waals surface area (Å²) < 4.78 is 16.1. The van der Waals surface area contributed by atoms with Gasteiger partial charge in [-0.25, -0.2) is 14.6 Å². The summed E-state index contributed by atoms with van der Waals surface area (Å²) in [6.45, 7) is 3.59. The molecule has 1 aromatic carbocycles. The Kier molecular flexibility index (Phi) is 7.14. The van der Waals surface area contributed by atoms with E-state index in [1.54, 1.807) is 50.5 Å². The number of methoxy groups -OCH3 is 2. The highest BCUT2D eigenvalue weighted by atomic mass is 35.5. The van der Waals surface area contributed by atoms with Crippen LogP contribution in [0.4, 0.5) is 0 Å². The molecule has 1 aliphatic heterocycles. The Morgan fingerprint density at radius 1 is 1.19 bits per heavy atom. The quantitative estimate of drug-likeness (QED) is 0.629. The fourth-order valence-corrected chi connectivity index (χ4v) is 3.93. The van der Waals surface area contributed by atoms with E-state index in [1.165, 1.54) is 14.2 Å². The molecule has 9 heteroatoms. The predicted octanol–water partition coefficient (Wildman–Crippen LogP) is 3.40. The molecule has 0 aliphatic carbocycles. The van der Waals surface area contributed by atoms with Crippen molar-refractivity contribution in [2.24, 2.45) is 0 Å². The molecule has 0 saturated heterocycles. The molecule has 0 fully saturated rings. The molecule has 2 aromatic rings. The highest BCUT2D eigenvalue weighted by Gasteiger charge is 2.42. The van der Waals surface area contributed by atoms with Crippen molar-refractivity contribution in [3.8, 4) is 0 Å². The minimum Gasteiger partial charge on any atom is -0.466 e. The van der Waals surface area contributed by atoms with E-state index in [1.807, 2.05) is 0 Å². The zero-order chi connectivity index (χ0) is 22.5. The van der Waals surface area contributed by atoms with Gasteiger partial charge in [0.25, 0.3) is 0 Å². The smallest absolute Gasteiger partial charge is 0.336 e. The van der Waals surface area contributed by atoms with Crippen molar-refractivity contribution < 1.29 is 23.8 Å². The van der Waals surface area contributed by atoms with E-state index in [2.05, 4.69) is 15.3 Å². The SMILES string of the molecule is CCOC(=O)C1=C(C(OC)c2ncc[nH]2)NC(C)=C(C(=O)OC)C1c1ccccc1Cl. The van der Waals surface area contributed by atoms with Crippen molar-refractivity contribution in [2.75, 3.05) is 20.8 Å². The third-order valence-electron chi connectivity index (χ3n) is 4.98. The number of H-pyrrole nitrogens is 1. The topological polar surface area (TPSA) is 103 Å². The lowest BCUT2D eigenvalue weighted by molar-refractivity contribution is -0.139. The van der Waals surface area contributed by atoms with Crippen LogP contribution in [0.5, 0.6) is 0 Å². The zero-order valence-electron chi connectivity index (χ0n) is 17.7. The van der Waals surface area contributed by atoms with Crippen LogP contribution >= 0.6 is 11.6 Å². The predicted molar refractivity (Wildman–Crippen MR) is 114 cm³/mol. The number of ether oxygens (including phenoxy) is 3. The summed E-state index contributed by atoms with van der Waals surface area (Å²) in [5.41, 5.74) is 1.94. The molecule has 2 N–H and O–H groups in total. The van der Waals surface area contributed by atoms with E-state index < -0.39 is 24.0 Å². The van der Waals surface area contributed by atoms with Gasteiger partial charge in [-0.15, -0.1) is 0 Å². The molecule has 1 aromatic heterocycles. The molecule has 164 valence electrons. The van der Waals surface area contributed by atoms with E-state index >= 15 is 0 Å². The van der Waals surface area contributed by atoms with Gasteiger partial charge in [0.2, 0.25) is 0 Å². The normalized spacial score (nSPS) is 17.3. The Labute approximate surface area is 185 Å². The van der Waals surface area contributed by atoms with Crippen molar-refractivity contribution >= 4 is 23.5 Å². The molecule has 0 bridgehead atoms. The van der Waals surface area contributed by atoms with E-state index in [0.717, 1.165) is 0 Å². The van der Waals surface area contributed by atoms with Crippen molar-refractivity contribution in [2.45, 2.75) is 25.9 Å². The number of nitrogens with one attached hydrogen (secondary N) is 2. The van der Waals surface area contributed by atoms with Gasteiger partial charge in [-0.05, 0) is 25.5 Å².